The van der Waals surface area contributed by atoms with E-state index in [1.54, 1.807) is 26.4 Å². The van der Waals surface area contributed by atoms with Crippen molar-refractivity contribution in [1.82, 2.24) is 14.6 Å². The van der Waals surface area contributed by atoms with E-state index in [0.717, 1.165) is 5.56 Å². The first-order valence-corrected chi connectivity index (χ1v) is 8.08. The van der Waals surface area contributed by atoms with Gasteiger partial charge in [0.1, 0.15) is 0 Å². The molecule has 6 heteroatoms. The lowest BCUT2D eigenvalue weighted by atomic mass is 10.3. The van der Waals surface area contributed by atoms with Gasteiger partial charge >= 0.3 is 0 Å². The number of nitrogens with zero attached hydrogens (tertiary/aromatic N) is 2. The summed E-state index contributed by atoms with van der Waals surface area (Å²) in [5.74, 6) is 0. The number of hydrogen-bond donors (Lipinski definition) is 1. The Morgan fingerprint density at radius 3 is 2.63 bits per heavy atom. The predicted octanol–water partition coefficient (Wildman–Crippen LogP) is 0.984. The van der Waals surface area contributed by atoms with Crippen LogP contribution in [0.1, 0.15) is 25.3 Å². The van der Waals surface area contributed by atoms with Crippen LogP contribution in [-0.2, 0) is 16.6 Å². The molecule has 1 atom stereocenters. The molecule has 1 fully saturated rings. The summed E-state index contributed by atoms with van der Waals surface area (Å²) in [6.45, 7) is 2.67. The van der Waals surface area contributed by atoms with Gasteiger partial charge in [-0.1, -0.05) is 0 Å². The largest absolute Gasteiger partial charge is 0.313 e. The minimum Gasteiger partial charge on any atom is -0.313 e. The van der Waals surface area contributed by atoms with Crippen LogP contribution in [0, 0.1) is 0 Å². The molecule has 0 bridgehead atoms. The Bertz CT molecular complexity index is 500. The maximum absolute atomic E-state index is 12.3. The summed E-state index contributed by atoms with van der Waals surface area (Å²) in [4.78, 5) is 3.93. The van der Waals surface area contributed by atoms with Crippen LogP contribution in [0.2, 0.25) is 0 Å². The highest BCUT2D eigenvalue weighted by atomic mass is 32.2. The van der Waals surface area contributed by atoms with Gasteiger partial charge in [0, 0.05) is 38.6 Å². The zero-order chi connectivity index (χ0) is 13.9. The Hall–Kier alpha value is -0.980. The number of hydrogen-bond acceptors (Lipinski definition) is 4. The molecule has 5 nitrogen and oxygen atoms in total. The number of aromatic nitrogens is 1. The molecule has 19 heavy (non-hydrogen) atoms. The Morgan fingerprint density at radius 2 is 2.05 bits per heavy atom. The first-order valence-electron chi connectivity index (χ1n) is 6.57. The van der Waals surface area contributed by atoms with E-state index in [-0.39, 0.29) is 0 Å². The molecule has 1 aliphatic rings. The van der Waals surface area contributed by atoms with Gasteiger partial charge < -0.3 is 5.32 Å². The third-order valence-corrected chi connectivity index (χ3v) is 5.55. The molecule has 1 aromatic heterocycles. The molecule has 0 aromatic carbocycles. The summed E-state index contributed by atoms with van der Waals surface area (Å²) < 4.78 is 26.1. The average molecular weight is 283 g/mol. The van der Waals surface area contributed by atoms with Gasteiger partial charge in [-0.3, -0.25) is 4.98 Å². The van der Waals surface area contributed by atoms with Crippen LogP contribution in [0.25, 0.3) is 0 Å². The lowest BCUT2D eigenvalue weighted by Gasteiger charge is -2.22. The van der Waals surface area contributed by atoms with Crippen molar-refractivity contribution in [3.63, 3.8) is 0 Å². The molecule has 106 valence electrons. The highest BCUT2D eigenvalue weighted by Gasteiger charge is 2.28. The molecule has 2 rings (SSSR count). The van der Waals surface area contributed by atoms with Gasteiger partial charge in [0.05, 0.1) is 5.25 Å². The molecule has 0 amide bonds. The van der Waals surface area contributed by atoms with E-state index in [2.05, 4.69) is 10.3 Å². The molecule has 1 aliphatic carbocycles. The number of rotatable bonds is 7. The number of nitrogens with one attached hydrogen (secondary N) is 1. The van der Waals surface area contributed by atoms with E-state index in [4.69, 9.17) is 0 Å². The van der Waals surface area contributed by atoms with Crippen molar-refractivity contribution in [2.24, 2.45) is 0 Å². The third-order valence-electron chi connectivity index (χ3n) is 3.37. The molecule has 0 aliphatic heterocycles. The molecule has 1 N–H and O–H groups in total. The normalized spacial score (nSPS) is 17.6. The Labute approximate surface area is 115 Å². The van der Waals surface area contributed by atoms with E-state index in [1.807, 2.05) is 12.1 Å². The molecule has 0 radical (unpaired) electrons. The SMILES string of the molecule is CC(CNC1CC1)S(=O)(=O)N(C)Cc1ccncc1. The van der Waals surface area contributed by atoms with Crippen molar-refractivity contribution < 1.29 is 8.42 Å². The monoisotopic (exact) mass is 283 g/mol. The maximum atomic E-state index is 12.3. The molecule has 1 aromatic rings. The van der Waals surface area contributed by atoms with Crippen molar-refractivity contribution in [3.8, 4) is 0 Å². The van der Waals surface area contributed by atoms with E-state index >= 15 is 0 Å². The second kappa shape index (κ2) is 5.98. The van der Waals surface area contributed by atoms with Crippen molar-refractivity contribution in [2.45, 2.75) is 37.6 Å². The fourth-order valence-corrected chi connectivity index (χ4v) is 3.12. The third kappa shape index (κ3) is 3.99. The predicted molar refractivity (Wildman–Crippen MR) is 75.1 cm³/mol. The smallest absolute Gasteiger partial charge is 0.218 e. The van der Waals surface area contributed by atoms with Gasteiger partial charge in [-0.25, -0.2) is 12.7 Å². The van der Waals surface area contributed by atoms with Crippen molar-refractivity contribution >= 4 is 10.0 Å². The summed E-state index contributed by atoms with van der Waals surface area (Å²) in [7, 11) is -1.63. The maximum Gasteiger partial charge on any atom is 0.218 e. The van der Waals surface area contributed by atoms with Crippen LogP contribution >= 0.6 is 0 Å². The highest BCUT2D eigenvalue weighted by molar-refractivity contribution is 7.89. The van der Waals surface area contributed by atoms with E-state index < -0.39 is 15.3 Å². The van der Waals surface area contributed by atoms with Crippen LogP contribution in [0.15, 0.2) is 24.5 Å². The highest BCUT2D eigenvalue weighted by Crippen LogP contribution is 2.19. The first-order chi connectivity index (χ1) is 9.00. The van der Waals surface area contributed by atoms with Crippen molar-refractivity contribution in [1.29, 1.82) is 0 Å². The fraction of sp³-hybridized carbons (Fsp3) is 0.615. The molecule has 0 spiro atoms. The quantitative estimate of drug-likeness (QED) is 0.810. The van der Waals surface area contributed by atoms with Gasteiger partial charge in [-0.15, -0.1) is 0 Å². The number of pyridine rings is 1. The summed E-state index contributed by atoms with van der Waals surface area (Å²) in [5.41, 5.74) is 0.948. The zero-order valence-corrected chi connectivity index (χ0v) is 12.2. The number of sulfonamides is 1. The van der Waals surface area contributed by atoms with Crippen molar-refractivity contribution in [3.05, 3.63) is 30.1 Å². The Balaban J connectivity index is 1.93. The fourth-order valence-electron chi connectivity index (χ4n) is 1.87. The minimum absolute atomic E-state index is 0.388. The van der Waals surface area contributed by atoms with Crippen molar-refractivity contribution in [2.75, 3.05) is 13.6 Å². The first kappa shape index (κ1) is 14.4. The Kier molecular flexibility index (Phi) is 4.54. The average Bonchev–Trinajstić information content (AvgIpc) is 3.21. The second-order valence-electron chi connectivity index (χ2n) is 5.15. The van der Waals surface area contributed by atoms with Crippen LogP contribution in [-0.4, -0.2) is 42.6 Å². The van der Waals surface area contributed by atoms with E-state index in [0.29, 0.717) is 19.1 Å². The van der Waals surface area contributed by atoms with Crippen LogP contribution in [0.3, 0.4) is 0 Å². The molecular formula is C13H21N3O2S. The molecule has 1 saturated carbocycles. The van der Waals surface area contributed by atoms with Gasteiger partial charge in [-0.2, -0.15) is 0 Å². The van der Waals surface area contributed by atoms with Crippen LogP contribution in [0.5, 0.6) is 0 Å². The van der Waals surface area contributed by atoms with Gasteiger partial charge in [0.25, 0.3) is 0 Å². The molecule has 1 unspecified atom stereocenters. The molecular weight excluding hydrogens is 262 g/mol. The van der Waals surface area contributed by atoms with Crippen LogP contribution in [0.4, 0.5) is 0 Å². The zero-order valence-electron chi connectivity index (χ0n) is 11.4. The van der Waals surface area contributed by atoms with Crippen LogP contribution < -0.4 is 5.32 Å². The van der Waals surface area contributed by atoms with Gasteiger partial charge in [0.2, 0.25) is 10.0 Å². The molecule has 0 saturated heterocycles. The lowest BCUT2D eigenvalue weighted by Crippen LogP contribution is -2.40. The summed E-state index contributed by atoms with van der Waals surface area (Å²) in [5, 5.41) is 2.86. The van der Waals surface area contributed by atoms with E-state index in [1.165, 1.54) is 17.1 Å². The molecule has 1 heterocycles. The van der Waals surface area contributed by atoms with Gasteiger partial charge in [-0.05, 0) is 37.5 Å². The van der Waals surface area contributed by atoms with Gasteiger partial charge in [0.15, 0.2) is 0 Å². The minimum atomic E-state index is -3.25. The topological polar surface area (TPSA) is 62.3 Å². The standard InChI is InChI=1S/C13H21N3O2S/c1-11(9-15-13-3-4-13)19(17,18)16(2)10-12-5-7-14-8-6-12/h5-8,11,13,15H,3-4,9-10H2,1-2H3. The lowest BCUT2D eigenvalue weighted by molar-refractivity contribution is 0.453. The summed E-state index contributed by atoms with van der Waals surface area (Å²) in [6, 6.07) is 4.20. The summed E-state index contributed by atoms with van der Waals surface area (Å²) in [6.07, 6.45) is 5.68. The second-order valence-corrected chi connectivity index (χ2v) is 7.61. The Morgan fingerprint density at radius 1 is 1.42 bits per heavy atom. The summed E-state index contributed by atoms with van der Waals surface area (Å²) >= 11 is 0. The van der Waals surface area contributed by atoms with E-state index in [9.17, 15) is 8.42 Å².